The highest BCUT2D eigenvalue weighted by atomic mass is 16.5. The van der Waals surface area contributed by atoms with Gasteiger partial charge in [-0.25, -0.2) is 0 Å². The Hall–Kier alpha value is -1.24. The maximum atomic E-state index is 5.58. The number of hydrogen-bond acceptors (Lipinski definition) is 1. The molecule has 0 fully saturated rings. The Kier molecular flexibility index (Phi) is 5.60. The summed E-state index contributed by atoms with van der Waals surface area (Å²) in [6.45, 7) is 6.77. The number of hydrogen-bond donors (Lipinski definition) is 0. The van der Waals surface area contributed by atoms with Gasteiger partial charge in [0.15, 0.2) is 0 Å². The predicted molar refractivity (Wildman–Crippen MR) is 64.5 cm³/mol. The zero-order chi connectivity index (χ0) is 10.9. The molecule has 0 saturated heterocycles. The molecule has 1 rings (SSSR count). The first kappa shape index (κ1) is 11.8. The Morgan fingerprint density at radius 3 is 2.60 bits per heavy atom. The first-order valence-electron chi connectivity index (χ1n) is 5.67. The van der Waals surface area contributed by atoms with Crippen LogP contribution in [-0.2, 0) is 11.3 Å². The van der Waals surface area contributed by atoms with Crippen molar-refractivity contribution in [3.05, 3.63) is 48.2 Å². The molecule has 0 aliphatic rings. The Morgan fingerprint density at radius 2 is 1.93 bits per heavy atom. The molecule has 0 amide bonds. The van der Waals surface area contributed by atoms with Gasteiger partial charge in [0.25, 0.3) is 0 Å². The van der Waals surface area contributed by atoms with E-state index in [4.69, 9.17) is 4.74 Å². The lowest BCUT2D eigenvalue weighted by atomic mass is 10.2. The molecule has 0 aromatic heterocycles. The van der Waals surface area contributed by atoms with Crippen LogP contribution in [0.25, 0.3) is 0 Å². The highest BCUT2D eigenvalue weighted by molar-refractivity contribution is 5.13. The van der Waals surface area contributed by atoms with E-state index in [9.17, 15) is 0 Å². The fraction of sp³-hybridized carbons (Fsp3) is 0.429. The predicted octanol–water partition coefficient (Wildman–Crippen LogP) is 4.30. The summed E-state index contributed by atoms with van der Waals surface area (Å²) in [6, 6.07) is 10.2. The van der Waals surface area contributed by atoms with Gasteiger partial charge in [-0.3, -0.25) is 0 Å². The molecule has 0 spiro atoms. The average Bonchev–Trinajstić information content (AvgIpc) is 2.28. The van der Waals surface area contributed by atoms with Crippen LogP contribution in [0.1, 0.15) is 38.2 Å². The van der Waals surface area contributed by atoms with Crippen molar-refractivity contribution >= 4 is 0 Å². The van der Waals surface area contributed by atoms with Gasteiger partial charge in [-0.1, -0.05) is 56.7 Å². The van der Waals surface area contributed by atoms with Gasteiger partial charge in [0.2, 0.25) is 0 Å². The van der Waals surface area contributed by atoms with Crippen molar-refractivity contribution in [2.45, 2.75) is 39.2 Å². The molecule has 0 radical (unpaired) electrons. The van der Waals surface area contributed by atoms with E-state index >= 15 is 0 Å². The van der Waals surface area contributed by atoms with Gasteiger partial charge in [-0.2, -0.15) is 0 Å². The summed E-state index contributed by atoms with van der Waals surface area (Å²) in [4.78, 5) is 0. The van der Waals surface area contributed by atoms with Gasteiger partial charge in [0.05, 0.1) is 5.76 Å². The van der Waals surface area contributed by atoms with E-state index in [2.05, 4.69) is 25.6 Å². The fourth-order valence-electron chi connectivity index (χ4n) is 1.40. The molecule has 0 saturated carbocycles. The van der Waals surface area contributed by atoms with Gasteiger partial charge in [0.1, 0.15) is 6.61 Å². The standard InChI is InChI=1S/C14H20O/c1-3-4-6-9-13(2)15-12-14-10-7-5-8-11-14/h5,7-8,10-11H,2-4,6,9,12H2,1H3. The largest absolute Gasteiger partial charge is 0.494 e. The van der Waals surface area contributed by atoms with E-state index < -0.39 is 0 Å². The van der Waals surface area contributed by atoms with Crippen LogP contribution < -0.4 is 0 Å². The fourth-order valence-corrected chi connectivity index (χ4v) is 1.40. The van der Waals surface area contributed by atoms with Gasteiger partial charge in [0, 0.05) is 6.42 Å². The van der Waals surface area contributed by atoms with Crippen LogP contribution in [0.4, 0.5) is 0 Å². The van der Waals surface area contributed by atoms with Crippen LogP contribution in [0.15, 0.2) is 42.7 Å². The van der Waals surface area contributed by atoms with Gasteiger partial charge >= 0.3 is 0 Å². The van der Waals surface area contributed by atoms with E-state index in [1.54, 1.807) is 0 Å². The van der Waals surface area contributed by atoms with Crippen LogP contribution in [-0.4, -0.2) is 0 Å². The molecule has 0 atom stereocenters. The molecule has 15 heavy (non-hydrogen) atoms. The minimum absolute atomic E-state index is 0.645. The summed E-state index contributed by atoms with van der Waals surface area (Å²) < 4.78 is 5.58. The monoisotopic (exact) mass is 204 g/mol. The normalized spacial score (nSPS) is 9.93. The summed E-state index contributed by atoms with van der Waals surface area (Å²) in [7, 11) is 0. The maximum absolute atomic E-state index is 5.58. The molecule has 0 heterocycles. The Labute approximate surface area is 92.8 Å². The lowest BCUT2D eigenvalue weighted by molar-refractivity contribution is 0.189. The SMILES string of the molecule is C=C(CCCCC)OCc1ccccc1. The molecular formula is C14H20O. The molecule has 1 heteroatoms. The molecule has 1 aromatic rings. The highest BCUT2D eigenvalue weighted by Gasteiger charge is 1.96. The van der Waals surface area contributed by atoms with Crippen molar-refractivity contribution < 1.29 is 4.74 Å². The quantitative estimate of drug-likeness (QED) is 0.475. The van der Waals surface area contributed by atoms with Crippen molar-refractivity contribution in [1.82, 2.24) is 0 Å². The number of benzene rings is 1. The summed E-state index contributed by atoms with van der Waals surface area (Å²) in [5.74, 6) is 0.910. The lowest BCUT2D eigenvalue weighted by Crippen LogP contribution is -1.92. The van der Waals surface area contributed by atoms with Gasteiger partial charge in [-0.15, -0.1) is 0 Å². The van der Waals surface area contributed by atoms with Crippen LogP contribution in [0.5, 0.6) is 0 Å². The van der Waals surface area contributed by atoms with Crippen LogP contribution in [0.3, 0.4) is 0 Å². The molecule has 1 aromatic carbocycles. The number of ether oxygens (including phenoxy) is 1. The molecule has 82 valence electrons. The third-order valence-corrected chi connectivity index (χ3v) is 2.34. The Morgan fingerprint density at radius 1 is 1.20 bits per heavy atom. The van der Waals surface area contributed by atoms with Gasteiger partial charge < -0.3 is 4.74 Å². The first-order chi connectivity index (χ1) is 7.33. The number of allylic oxidation sites excluding steroid dienone is 1. The molecule has 0 N–H and O–H groups in total. The summed E-state index contributed by atoms with van der Waals surface area (Å²) in [5.41, 5.74) is 1.20. The minimum atomic E-state index is 0.645. The van der Waals surface area contributed by atoms with Crippen LogP contribution in [0.2, 0.25) is 0 Å². The molecular weight excluding hydrogens is 184 g/mol. The van der Waals surface area contributed by atoms with Crippen LogP contribution in [0, 0.1) is 0 Å². The molecule has 0 aliphatic carbocycles. The van der Waals surface area contributed by atoms with Crippen molar-refractivity contribution in [2.24, 2.45) is 0 Å². The van der Waals surface area contributed by atoms with Crippen molar-refractivity contribution in [1.29, 1.82) is 0 Å². The number of rotatable bonds is 7. The van der Waals surface area contributed by atoms with E-state index in [-0.39, 0.29) is 0 Å². The summed E-state index contributed by atoms with van der Waals surface area (Å²) in [5, 5.41) is 0. The zero-order valence-corrected chi connectivity index (χ0v) is 9.54. The average molecular weight is 204 g/mol. The molecule has 0 bridgehead atoms. The summed E-state index contributed by atoms with van der Waals surface area (Å²) in [6.07, 6.45) is 4.67. The maximum Gasteiger partial charge on any atom is 0.113 e. The van der Waals surface area contributed by atoms with E-state index in [0.29, 0.717) is 6.61 Å². The van der Waals surface area contributed by atoms with Crippen molar-refractivity contribution in [3.8, 4) is 0 Å². The highest BCUT2D eigenvalue weighted by Crippen LogP contribution is 2.11. The third kappa shape index (κ3) is 5.26. The topological polar surface area (TPSA) is 9.23 Å². The van der Waals surface area contributed by atoms with Crippen LogP contribution >= 0.6 is 0 Å². The Balaban J connectivity index is 2.17. The van der Waals surface area contributed by atoms with E-state index in [0.717, 1.165) is 12.2 Å². The van der Waals surface area contributed by atoms with Gasteiger partial charge in [-0.05, 0) is 12.0 Å². The second-order valence-corrected chi connectivity index (χ2v) is 3.77. The van der Waals surface area contributed by atoms with Crippen molar-refractivity contribution in [2.75, 3.05) is 0 Å². The molecule has 0 aliphatic heterocycles. The second kappa shape index (κ2) is 7.10. The smallest absolute Gasteiger partial charge is 0.113 e. The molecule has 1 nitrogen and oxygen atoms in total. The van der Waals surface area contributed by atoms with E-state index in [1.807, 2.05) is 18.2 Å². The molecule has 0 unspecified atom stereocenters. The van der Waals surface area contributed by atoms with Crippen molar-refractivity contribution in [3.63, 3.8) is 0 Å². The van der Waals surface area contributed by atoms with E-state index in [1.165, 1.54) is 24.8 Å². The second-order valence-electron chi connectivity index (χ2n) is 3.77. The lowest BCUT2D eigenvalue weighted by Gasteiger charge is -2.08. The number of unbranched alkanes of at least 4 members (excludes halogenated alkanes) is 2. The minimum Gasteiger partial charge on any atom is -0.494 e. The zero-order valence-electron chi connectivity index (χ0n) is 9.54. The Bertz CT molecular complexity index is 277. The third-order valence-electron chi connectivity index (χ3n) is 2.34. The summed E-state index contributed by atoms with van der Waals surface area (Å²) >= 11 is 0. The first-order valence-corrected chi connectivity index (χ1v) is 5.67.